The van der Waals surface area contributed by atoms with Crippen LogP contribution in [0.4, 0.5) is 0 Å². The Balaban J connectivity index is 2.84. The molecule has 0 bridgehead atoms. The highest BCUT2D eigenvalue weighted by molar-refractivity contribution is 5.86. The summed E-state index contributed by atoms with van der Waals surface area (Å²) in [6.07, 6.45) is 1.23. The zero-order valence-electron chi connectivity index (χ0n) is 6.64. The Morgan fingerprint density at radius 3 is 2.58 bits per heavy atom. The van der Waals surface area contributed by atoms with E-state index in [1.165, 1.54) is 20.4 Å². The van der Waals surface area contributed by atoms with Crippen molar-refractivity contribution >= 4 is 5.97 Å². The fourth-order valence-electron chi connectivity index (χ4n) is 0.556. The number of carbonyl (C=O) groups is 1. The van der Waals surface area contributed by atoms with E-state index in [0.29, 0.717) is 0 Å². The fourth-order valence-corrected chi connectivity index (χ4v) is 0.556. The van der Waals surface area contributed by atoms with Crippen molar-refractivity contribution in [2.24, 2.45) is 0 Å². The van der Waals surface area contributed by atoms with E-state index >= 15 is 0 Å². The molecule has 1 rings (SSSR count). The molecule has 0 fully saturated rings. The lowest BCUT2D eigenvalue weighted by Gasteiger charge is -1.97. The number of methoxy groups -OCH3 is 2. The van der Waals surface area contributed by atoms with Crippen LogP contribution in [-0.4, -0.2) is 35.4 Å². The van der Waals surface area contributed by atoms with Gasteiger partial charge in [-0.15, -0.1) is 5.10 Å². The van der Waals surface area contributed by atoms with Gasteiger partial charge in [0.15, 0.2) is 5.69 Å². The number of nitrogens with zero attached hydrogens (tertiary/aromatic N) is 3. The van der Waals surface area contributed by atoms with E-state index in [1.807, 2.05) is 0 Å². The Labute approximate surface area is 68.5 Å². The van der Waals surface area contributed by atoms with Gasteiger partial charge in [-0.25, -0.2) is 4.79 Å². The van der Waals surface area contributed by atoms with Crippen LogP contribution in [0.15, 0.2) is 6.20 Å². The molecule has 6 heteroatoms. The molecular formula is C6H7N3O3. The van der Waals surface area contributed by atoms with Gasteiger partial charge in [0, 0.05) is 0 Å². The van der Waals surface area contributed by atoms with Crippen molar-refractivity contribution in [1.82, 2.24) is 15.2 Å². The van der Waals surface area contributed by atoms with Crippen LogP contribution in [0.25, 0.3) is 0 Å². The summed E-state index contributed by atoms with van der Waals surface area (Å²) in [5.74, 6) is -0.572. The van der Waals surface area contributed by atoms with Crippen LogP contribution < -0.4 is 4.74 Å². The quantitative estimate of drug-likeness (QED) is 0.564. The molecule has 1 aromatic heterocycles. The zero-order chi connectivity index (χ0) is 8.97. The topological polar surface area (TPSA) is 74.2 Å². The monoisotopic (exact) mass is 169 g/mol. The molecule has 0 saturated heterocycles. The Bertz CT molecular complexity index is 272. The van der Waals surface area contributed by atoms with Crippen molar-refractivity contribution < 1.29 is 14.3 Å². The van der Waals surface area contributed by atoms with Gasteiger partial charge in [-0.2, -0.15) is 4.98 Å². The average molecular weight is 169 g/mol. The molecule has 6 nitrogen and oxygen atoms in total. The molecule has 0 radical (unpaired) electrons. The molecule has 64 valence electrons. The molecule has 12 heavy (non-hydrogen) atoms. The standard InChI is InChI=1S/C6H7N3O3/c1-11-5(10)4-3-7-6(12-2)9-8-4/h3H,1-2H3. The van der Waals surface area contributed by atoms with E-state index in [0.717, 1.165) is 0 Å². The Kier molecular flexibility index (Phi) is 2.52. The van der Waals surface area contributed by atoms with E-state index in [2.05, 4.69) is 24.7 Å². The number of rotatable bonds is 2. The van der Waals surface area contributed by atoms with Crippen LogP contribution >= 0.6 is 0 Å². The van der Waals surface area contributed by atoms with Gasteiger partial charge in [0.2, 0.25) is 0 Å². The van der Waals surface area contributed by atoms with Gasteiger partial charge in [-0.3, -0.25) is 0 Å². The van der Waals surface area contributed by atoms with Crippen molar-refractivity contribution in [3.8, 4) is 6.01 Å². The van der Waals surface area contributed by atoms with Crippen LogP contribution in [-0.2, 0) is 4.74 Å². The summed E-state index contributed by atoms with van der Waals surface area (Å²) >= 11 is 0. The molecule has 0 unspecified atom stereocenters. The van der Waals surface area contributed by atoms with Crippen molar-refractivity contribution in [2.75, 3.05) is 14.2 Å². The molecule has 1 heterocycles. The average Bonchev–Trinajstić information content (AvgIpc) is 2.17. The summed E-state index contributed by atoms with van der Waals surface area (Å²) in [6, 6.07) is 0.114. The summed E-state index contributed by atoms with van der Waals surface area (Å²) in [5.41, 5.74) is 0.0540. The number of ether oxygens (including phenoxy) is 2. The predicted molar refractivity (Wildman–Crippen MR) is 37.7 cm³/mol. The smallest absolute Gasteiger partial charge is 0.360 e. The molecule has 0 atom stereocenters. The van der Waals surface area contributed by atoms with Crippen molar-refractivity contribution in [1.29, 1.82) is 0 Å². The number of hydrogen-bond donors (Lipinski definition) is 0. The molecule has 0 saturated carbocycles. The molecule has 0 amide bonds. The van der Waals surface area contributed by atoms with E-state index in [1.54, 1.807) is 0 Å². The molecular weight excluding hydrogens is 162 g/mol. The van der Waals surface area contributed by atoms with Crippen LogP contribution in [0.5, 0.6) is 6.01 Å². The highest BCUT2D eigenvalue weighted by atomic mass is 16.5. The second kappa shape index (κ2) is 3.61. The maximum atomic E-state index is 10.8. The summed E-state index contributed by atoms with van der Waals surface area (Å²) in [6.45, 7) is 0. The van der Waals surface area contributed by atoms with Crippen molar-refractivity contribution in [3.63, 3.8) is 0 Å². The molecule has 0 N–H and O–H groups in total. The first-order valence-electron chi connectivity index (χ1n) is 3.10. The van der Waals surface area contributed by atoms with E-state index < -0.39 is 5.97 Å². The van der Waals surface area contributed by atoms with E-state index in [-0.39, 0.29) is 11.7 Å². The van der Waals surface area contributed by atoms with Gasteiger partial charge in [-0.05, 0) is 0 Å². The highest BCUT2D eigenvalue weighted by Gasteiger charge is 2.08. The first kappa shape index (κ1) is 8.38. The summed E-state index contributed by atoms with van der Waals surface area (Å²) in [7, 11) is 2.67. The van der Waals surface area contributed by atoms with Gasteiger partial charge in [-0.1, -0.05) is 5.10 Å². The van der Waals surface area contributed by atoms with Crippen LogP contribution in [0, 0.1) is 0 Å². The van der Waals surface area contributed by atoms with E-state index in [9.17, 15) is 4.79 Å². The fraction of sp³-hybridized carbons (Fsp3) is 0.333. The lowest BCUT2D eigenvalue weighted by Crippen LogP contribution is -2.07. The summed E-state index contributed by atoms with van der Waals surface area (Å²) in [5, 5.41) is 6.99. The largest absolute Gasteiger partial charge is 0.466 e. The first-order chi connectivity index (χ1) is 5.77. The predicted octanol–water partition coefficient (Wildman–Crippen LogP) is -0.333. The van der Waals surface area contributed by atoms with Crippen molar-refractivity contribution in [3.05, 3.63) is 11.9 Å². The molecule has 0 aromatic carbocycles. The maximum Gasteiger partial charge on any atom is 0.360 e. The van der Waals surface area contributed by atoms with Crippen LogP contribution in [0.2, 0.25) is 0 Å². The normalized spacial score (nSPS) is 9.17. The van der Waals surface area contributed by atoms with Crippen LogP contribution in [0.3, 0.4) is 0 Å². The minimum absolute atomic E-state index is 0.0540. The van der Waals surface area contributed by atoms with Gasteiger partial charge in [0.1, 0.15) is 0 Å². The second-order valence-corrected chi connectivity index (χ2v) is 1.82. The first-order valence-corrected chi connectivity index (χ1v) is 3.10. The highest BCUT2D eigenvalue weighted by Crippen LogP contribution is 1.98. The number of carbonyl (C=O) groups excluding carboxylic acids is 1. The van der Waals surface area contributed by atoms with Gasteiger partial charge >= 0.3 is 12.0 Å². The zero-order valence-corrected chi connectivity index (χ0v) is 6.64. The molecule has 1 aromatic rings. The van der Waals surface area contributed by atoms with Gasteiger partial charge in [0.05, 0.1) is 20.4 Å². The number of aromatic nitrogens is 3. The van der Waals surface area contributed by atoms with Gasteiger partial charge < -0.3 is 9.47 Å². The third kappa shape index (κ3) is 1.66. The Morgan fingerprint density at radius 1 is 1.42 bits per heavy atom. The third-order valence-corrected chi connectivity index (χ3v) is 1.12. The molecule has 0 aliphatic carbocycles. The van der Waals surface area contributed by atoms with Crippen molar-refractivity contribution in [2.45, 2.75) is 0 Å². The lowest BCUT2D eigenvalue weighted by atomic mass is 10.5. The Hall–Kier alpha value is -1.72. The molecule has 0 spiro atoms. The summed E-state index contributed by atoms with van der Waals surface area (Å²) in [4.78, 5) is 14.5. The Morgan fingerprint density at radius 2 is 2.17 bits per heavy atom. The number of esters is 1. The minimum atomic E-state index is -0.572. The third-order valence-electron chi connectivity index (χ3n) is 1.12. The second-order valence-electron chi connectivity index (χ2n) is 1.82. The minimum Gasteiger partial charge on any atom is -0.466 e. The molecule has 0 aliphatic heterocycles. The summed E-state index contributed by atoms with van der Waals surface area (Å²) < 4.78 is 9.03. The SMILES string of the molecule is COC(=O)c1cnc(OC)nn1. The van der Waals surface area contributed by atoms with E-state index in [4.69, 9.17) is 0 Å². The molecule has 0 aliphatic rings. The van der Waals surface area contributed by atoms with Crippen LogP contribution in [0.1, 0.15) is 10.5 Å². The maximum absolute atomic E-state index is 10.8. The number of hydrogen-bond acceptors (Lipinski definition) is 6. The lowest BCUT2D eigenvalue weighted by molar-refractivity contribution is 0.0591. The van der Waals surface area contributed by atoms with Gasteiger partial charge in [0.25, 0.3) is 0 Å².